The Morgan fingerprint density at radius 3 is 1.89 bits per heavy atom. The molecule has 4 aromatic rings. The fourth-order valence-electron chi connectivity index (χ4n) is 4.91. The number of aryl methyl sites for hydroxylation is 1. The van der Waals surface area contributed by atoms with Gasteiger partial charge in [0.25, 0.3) is 5.56 Å². The highest BCUT2D eigenvalue weighted by molar-refractivity contribution is 8.01. The molecule has 0 unspecified atom stereocenters. The topological polar surface area (TPSA) is 84.3 Å². The van der Waals surface area contributed by atoms with Crippen LogP contribution in [-0.4, -0.2) is 32.6 Å². The van der Waals surface area contributed by atoms with Crippen LogP contribution < -0.4 is 11.2 Å². The molecule has 0 amide bonds. The number of thioether (sulfide) groups is 1. The largest absolute Gasteiger partial charge is 0.394 e. The highest BCUT2D eigenvalue weighted by atomic mass is 32.2. The summed E-state index contributed by atoms with van der Waals surface area (Å²) >= 11 is 1.73. The van der Waals surface area contributed by atoms with E-state index in [1.165, 1.54) is 10.8 Å². The van der Waals surface area contributed by atoms with Crippen molar-refractivity contribution < 1.29 is 9.84 Å². The number of H-pyrrole nitrogens is 1. The van der Waals surface area contributed by atoms with E-state index in [9.17, 15) is 14.7 Å². The molecule has 1 fully saturated rings. The van der Waals surface area contributed by atoms with Crippen LogP contribution in [0, 0.1) is 6.92 Å². The quantitative estimate of drug-likeness (QED) is 0.371. The molecule has 1 aromatic heterocycles. The third-order valence-corrected chi connectivity index (χ3v) is 8.55. The highest BCUT2D eigenvalue weighted by Gasteiger charge is 2.45. The van der Waals surface area contributed by atoms with Crippen molar-refractivity contribution in [2.24, 2.45) is 0 Å². The second-order valence-electron chi connectivity index (χ2n) is 8.96. The van der Waals surface area contributed by atoms with Crippen molar-refractivity contribution in [3.8, 4) is 0 Å². The zero-order valence-electron chi connectivity index (χ0n) is 19.9. The number of nitrogens with one attached hydrogen (secondary N) is 1. The van der Waals surface area contributed by atoms with Crippen molar-refractivity contribution in [3.63, 3.8) is 0 Å². The molecule has 0 bridgehead atoms. The van der Waals surface area contributed by atoms with Crippen molar-refractivity contribution in [2.75, 3.05) is 6.61 Å². The van der Waals surface area contributed by atoms with Crippen LogP contribution in [0.15, 0.2) is 107 Å². The third-order valence-electron chi connectivity index (χ3n) is 6.69. The van der Waals surface area contributed by atoms with Crippen LogP contribution in [0.3, 0.4) is 0 Å². The molecule has 2 N–H and O–H groups in total. The summed E-state index contributed by atoms with van der Waals surface area (Å²) < 4.78 is 7.06. The maximum absolute atomic E-state index is 12.6. The molecule has 1 aliphatic heterocycles. The van der Waals surface area contributed by atoms with Crippen LogP contribution in [0.4, 0.5) is 0 Å². The minimum absolute atomic E-state index is 0.139. The number of aliphatic hydroxyl groups excluding tert-OH is 1. The van der Waals surface area contributed by atoms with Crippen molar-refractivity contribution in [2.45, 2.75) is 35.7 Å². The van der Waals surface area contributed by atoms with Gasteiger partial charge in [0.05, 0.1) is 17.5 Å². The van der Waals surface area contributed by atoms with Crippen LogP contribution in [0.2, 0.25) is 0 Å². The predicted molar refractivity (Wildman–Crippen MR) is 142 cm³/mol. The van der Waals surface area contributed by atoms with Crippen molar-refractivity contribution in [1.82, 2.24) is 9.55 Å². The van der Waals surface area contributed by atoms with E-state index in [1.54, 1.807) is 18.7 Å². The Labute approximate surface area is 213 Å². The summed E-state index contributed by atoms with van der Waals surface area (Å²) in [7, 11) is 0. The zero-order valence-corrected chi connectivity index (χ0v) is 20.7. The van der Waals surface area contributed by atoms with Crippen LogP contribution in [0.5, 0.6) is 0 Å². The molecule has 2 heterocycles. The number of aromatic nitrogens is 2. The number of nitrogens with zero attached hydrogens (tertiary/aromatic N) is 1. The molecule has 1 saturated heterocycles. The number of hydrogen-bond donors (Lipinski definition) is 2. The van der Waals surface area contributed by atoms with Crippen LogP contribution in [0.25, 0.3) is 0 Å². The number of benzene rings is 3. The van der Waals surface area contributed by atoms with Crippen molar-refractivity contribution in [1.29, 1.82) is 0 Å². The molecule has 7 heteroatoms. The number of hydrogen-bond acceptors (Lipinski definition) is 5. The fraction of sp³-hybridized carbons (Fsp3) is 0.241. The number of rotatable bonds is 7. The molecule has 3 atom stereocenters. The Hall–Kier alpha value is -3.39. The molecule has 36 heavy (non-hydrogen) atoms. The van der Waals surface area contributed by atoms with Crippen LogP contribution >= 0.6 is 11.8 Å². The minimum Gasteiger partial charge on any atom is -0.394 e. The van der Waals surface area contributed by atoms with Crippen LogP contribution in [0.1, 0.15) is 34.9 Å². The van der Waals surface area contributed by atoms with Gasteiger partial charge >= 0.3 is 5.69 Å². The SMILES string of the molecule is Cc1cn([C@H]2C[C@H](SC(c3ccccc3)(c3ccccc3)c3ccccc3)[C@@H](CO)O2)c(=O)[nH]c1=O. The lowest BCUT2D eigenvalue weighted by Gasteiger charge is -2.38. The van der Waals surface area contributed by atoms with Crippen LogP contribution in [-0.2, 0) is 9.48 Å². The second-order valence-corrected chi connectivity index (χ2v) is 10.4. The summed E-state index contributed by atoms with van der Waals surface area (Å²) in [5, 5.41) is 10.2. The Bertz CT molecular complexity index is 1320. The van der Waals surface area contributed by atoms with E-state index in [2.05, 4.69) is 41.4 Å². The third kappa shape index (κ3) is 4.46. The Morgan fingerprint density at radius 1 is 0.917 bits per heavy atom. The molecule has 3 aromatic carbocycles. The average Bonchev–Trinajstić information content (AvgIpc) is 3.33. The summed E-state index contributed by atoms with van der Waals surface area (Å²) in [4.78, 5) is 26.8. The molecule has 6 nitrogen and oxygen atoms in total. The summed E-state index contributed by atoms with van der Waals surface area (Å²) in [6.07, 6.45) is 0.944. The van der Waals surface area contributed by atoms with E-state index in [1.807, 2.05) is 54.6 Å². The van der Waals surface area contributed by atoms with E-state index in [0.29, 0.717) is 12.0 Å². The van der Waals surface area contributed by atoms with Crippen molar-refractivity contribution >= 4 is 11.8 Å². The van der Waals surface area contributed by atoms with Gasteiger partial charge in [-0.1, -0.05) is 91.0 Å². The lowest BCUT2D eigenvalue weighted by atomic mass is 9.84. The Kier molecular flexibility index (Phi) is 6.96. The summed E-state index contributed by atoms with van der Waals surface area (Å²) in [6, 6.07) is 31.0. The Balaban J connectivity index is 1.62. The molecule has 0 saturated carbocycles. The van der Waals surface area contributed by atoms with E-state index >= 15 is 0 Å². The maximum atomic E-state index is 12.6. The number of aliphatic hydroxyl groups is 1. The van der Waals surface area contributed by atoms with Crippen molar-refractivity contribution in [3.05, 3.63) is 140 Å². The molecule has 1 aliphatic rings. The summed E-state index contributed by atoms with van der Waals surface area (Å²) in [5.74, 6) is 0. The van der Waals surface area contributed by atoms with Gasteiger partial charge in [-0.05, 0) is 23.6 Å². The molecule has 5 rings (SSSR count). The van der Waals surface area contributed by atoms with Gasteiger partial charge in [0.2, 0.25) is 0 Å². The van der Waals surface area contributed by atoms with E-state index in [4.69, 9.17) is 4.74 Å². The van der Waals surface area contributed by atoms with Gasteiger partial charge in [0.15, 0.2) is 0 Å². The predicted octanol–water partition coefficient (Wildman–Crippen LogP) is 4.22. The number of ether oxygens (including phenoxy) is 1. The first-order valence-corrected chi connectivity index (χ1v) is 12.8. The molecular formula is C29H28N2O4S. The van der Waals surface area contributed by atoms with Gasteiger partial charge in [-0.3, -0.25) is 14.3 Å². The lowest BCUT2D eigenvalue weighted by molar-refractivity contribution is -0.0238. The summed E-state index contributed by atoms with van der Waals surface area (Å²) in [5.41, 5.74) is 2.86. The molecule has 0 spiro atoms. The first-order valence-electron chi connectivity index (χ1n) is 12.0. The number of aromatic amines is 1. The zero-order chi connectivity index (χ0) is 25.1. The average molecular weight is 501 g/mol. The van der Waals surface area contributed by atoms with Gasteiger partial charge in [0.1, 0.15) is 6.23 Å². The van der Waals surface area contributed by atoms with Gasteiger partial charge in [0, 0.05) is 23.4 Å². The van der Waals surface area contributed by atoms with E-state index < -0.39 is 28.3 Å². The highest BCUT2D eigenvalue weighted by Crippen LogP contribution is 2.53. The Morgan fingerprint density at radius 2 is 1.42 bits per heavy atom. The van der Waals surface area contributed by atoms with Gasteiger partial charge in [-0.2, -0.15) is 0 Å². The fourth-order valence-corrected chi connectivity index (χ4v) is 6.74. The second kappa shape index (κ2) is 10.3. The maximum Gasteiger partial charge on any atom is 0.330 e. The first-order chi connectivity index (χ1) is 17.5. The molecule has 0 aliphatic carbocycles. The van der Waals surface area contributed by atoms with E-state index in [-0.39, 0.29) is 11.9 Å². The first kappa shape index (κ1) is 24.3. The van der Waals surface area contributed by atoms with Gasteiger partial charge in [-0.15, -0.1) is 11.8 Å². The molecular weight excluding hydrogens is 472 g/mol. The van der Waals surface area contributed by atoms with Gasteiger partial charge < -0.3 is 9.84 Å². The minimum atomic E-state index is -0.595. The lowest BCUT2D eigenvalue weighted by Crippen LogP contribution is -2.33. The molecule has 184 valence electrons. The normalized spacial score (nSPS) is 19.9. The van der Waals surface area contributed by atoms with E-state index in [0.717, 1.165) is 16.7 Å². The standard InChI is InChI=1S/C29H28N2O4S/c1-20-18-31(28(34)30-27(20)33)26-17-25(24(19-32)35-26)36-29(21-11-5-2-6-12-21,22-13-7-3-8-14-22)23-15-9-4-10-16-23/h2-16,18,24-26,32H,17,19H2,1H3,(H,30,33,34)/t24-,25+,26-/m1/s1. The summed E-state index contributed by atoms with van der Waals surface area (Å²) in [6.45, 7) is 1.48. The smallest absolute Gasteiger partial charge is 0.330 e. The molecule has 0 radical (unpaired) electrons. The van der Waals surface area contributed by atoms with Gasteiger partial charge in [-0.25, -0.2) is 4.79 Å². The monoisotopic (exact) mass is 500 g/mol.